The highest BCUT2D eigenvalue weighted by Crippen LogP contribution is 2.51. The Morgan fingerprint density at radius 2 is 1.57 bits per heavy atom. The number of halogens is 2. The monoisotopic (exact) mass is 554 g/mol. The number of amides is 1. The zero-order valence-electron chi connectivity index (χ0n) is 21.0. The lowest BCUT2D eigenvalue weighted by atomic mass is 9.84. The van der Waals surface area contributed by atoms with Crippen molar-refractivity contribution in [3.05, 3.63) is 66.2 Å². The first kappa shape index (κ1) is 27.8. The van der Waals surface area contributed by atoms with Crippen molar-refractivity contribution in [1.29, 1.82) is 0 Å². The summed E-state index contributed by atoms with van der Waals surface area (Å²) in [5.41, 5.74) is -1.56. The van der Waals surface area contributed by atoms with Gasteiger partial charge in [0.2, 0.25) is 9.84 Å². The van der Waals surface area contributed by atoms with Crippen LogP contribution in [-0.4, -0.2) is 51.6 Å². The third-order valence-corrected chi connectivity index (χ3v) is 10.6. The first-order valence-electron chi connectivity index (χ1n) is 12.1. The molecule has 2 aliphatic rings. The number of hydrogen-bond donors (Lipinski definition) is 1. The Labute approximate surface area is 219 Å². The van der Waals surface area contributed by atoms with E-state index in [0.29, 0.717) is 12.8 Å². The molecule has 2 bridgehead atoms. The molecule has 2 fully saturated rings. The fourth-order valence-electron chi connectivity index (χ4n) is 5.06. The first-order valence-corrected chi connectivity index (χ1v) is 14.8. The van der Waals surface area contributed by atoms with Crippen molar-refractivity contribution in [1.82, 2.24) is 9.62 Å². The fourth-order valence-corrected chi connectivity index (χ4v) is 7.62. The molecule has 2 aromatic carbocycles. The number of ether oxygens (including phenoxy) is 1. The highest BCUT2D eigenvalue weighted by atomic mass is 32.2. The summed E-state index contributed by atoms with van der Waals surface area (Å²) in [5.74, 6) is 0. The normalized spacial score (nSPS) is 25.1. The number of nitrogens with one attached hydrogen (secondary N) is 1. The summed E-state index contributed by atoms with van der Waals surface area (Å²) in [4.78, 5) is 13.9. The molecule has 1 N–H and O–H groups in total. The predicted octanol–water partition coefficient (Wildman–Crippen LogP) is 4.81. The Bertz CT molecular complexity index is 1190. The second kappa shape index (κ2) is 10.2. The Morgan fingerprint density at radius 3 is 2.08 bits per heavy atom. The van der Waals surface area contributed by atoms with Gasteiger partial charge in [0.05, 0.1) is 4.90 Å². The second-order valence-corrected chi connectivity index (χ2v) is 14.6. The first-order chi connectivity index (χ1) is 17.3. The summed E-state index contributed by atoms with van der Waals surface area (Å²) < 4.78 is 79.5. The number of carbonyl (C=O) groups is 1. The van der Waals surface area contributed by atoms with Crippen molar-refractivity contribution < 1.29 is 31.3 Å². The average Bonchev–Trinajstić information content (AvgIpc) is 3.13. The lowest BCUT2D eigenvalue weighted by Gasteiger charge is -2.49. The molecule has 0 saturated carbocycles. The summed E-state index contributed by atoms with van der Waals surface area (Å²) in [6, 6.07) is 14.3. The van der Waals surface area contributed by atoms with E-state index >= 15 is 8.78 Å². The van der Waals surface area contributed by atoms with Crippen LogP contribution >= 0.6 is 0 Å². The molecule has 2 aromatic rings. The van der Waals surface area contributed by atoms with Crippen molar-refractivity contribution >= 4 is 27.3 Å². The van der Waals surface area contributed by atoms with Gasteiger partial charge in [0.15, 0.2) is 0 Å². The molecule has 3 atom stereocenters. The van der Waals surface area contributed by atoms with Gasteiger partial charge in [-0.1, -0.05) is 48.5 Å². The van der Waals surface area contributed by atoms with E-state index in [1.165, 1.54) is 17.0 Å². The van der Waals surface area contributed by atoms with Gasteiger partial charge < -0.3 is 14.2 Å². The molecule has 0 aliphatic carbocycles. The van der Waals surface area contributed by atoms with Crippen molar-refractivity contribution in [3.8, 4) is 0 Å². The van der Waals surface area contributed by atoms with Crippen LogP contribution in [0.2, 0.25) is 0 Å². The highest BCUT2D eigenvalue weighted by molar-refractivity contribution is 7.93. The van der Waals surface area contributed by atoms with E-state index in [-0.39, 0.29) is 19.4 Å². The van der Waals surface area contributed by atoms with Crippen LogP contribution in [0, 0.1) is 0 Å². The minimum Gasteiger partial charge on any atom is -0.598 e. The van der Waals surface area contributed by atoms with Crippen LogP contribution in [-0.2, 0) is 32.5 Å². The molecule has 11 heteroatoms. The second-order valence-electron chi connectivity index (χ2n) is 10.6. The average molecular weight is 555 g/mol. The number of alkyl halides is 2. The van der Waals surface area contributed by atoms with Gasteiger partial charge in [0, 0.05) is 23.4 Å². The topological polar surface area (TPSA) is 98.8 Å². The van der Waals surface area contributed by atoms with Crippen LogP contribution in [0.4, 0.5) is 13.6 Å². The molecule has 2 heterocycles. The van der Waals surface area contributed by atoms with E-state index in [1.807, 2.05) is 30.3 Å². The van der Waals surface area contributed by atoms with Gasteiger partial charge in [-0.3, -0.25) is 0 Å². The van der Waals surface area contributed by atoms with Gasteiger partial charge in [-0.15, -0.1) is 4.72 Å². The molecule has 0 spiro atoms. The summed E-state index contributed by atoms with van der Waals surface area (Å²) in [5, 5.41) is -4.30. The van der Waals surface area contributed by atoms with Gasteiger partial charge in [-0.25, -0.2) is 13.2 Å². The van der Waals surface area contributed by atoms with Crippen molar-refractivity contribution in [2.75, 3.05) is 0 Å². The molecular formula is C26H32F2N2O5S2. The standard InChI is InChI=1S/C26H32F2N2O5S2/c1-24(2,3)36(32)29-25(26(27,28)37(33,34)22-12-8-5-9-13-22)16-20-14-15-21(17-25)30(20)23(31)35-18-19-10-6-4-7-11-19/h4-13,20-21,29H,14-18H2,1-3H3. The number of fused-ring (bicyclic) bond motifs is 2. The fraction of sp³-hybridized carbons (Fsp3) is 0.500. The number of carbonyl (C=O) groups excluding carboxylic acids is 1. The predicted molar refractivity (Wildman–Crippen MR) is 137 cm³/mol. The number of piperidine rings is 1. The van der Waals surface area contributed by atoms with Gasteiger partial charge >= 0.3 is 11.3 Å². The summed E-state index contributed by atoms with van der Waals surface area (Å²) in [6.07, 6.45) is -0.567. The number of sulfone groups is 1. The molecule has 202 valence electrons. The molecule has 4 rings (SSSR count). The number of nitrogens with zero attached hydrogens (tertiary/aromatic N) is 1. The van der Waals surface area contributed by atoms with Crippen molar-refractivity contribution in [2.45, 2.75) is 85.6 Å². The van der Waals surface area contributed by atoms with Crippen LogP contribution in [0.15, 0.2) is 65.6 Å². The van der Waals surface area contributed by atoms with Crippen LogP contribution in [0.1, 0.15) is 52.0 Å². The SMILES string of the molecule is CC(C)(C)[S+]([O-])NC1(C(F)(F)S(=O)(=O)c2ccccc2)CC2CCC(C1)N2C(=O)OCc1ccccc1. The molecule has 0 radical (unpaired) electrons. The maximum atomic E-state index is 16.3. The van der Waals surface area contributed by atoms with Gasteiger partial charge in [0.1, 0.15) is 16.9 Å². The Kier molecular flexibility index (Phi) is 7.64. The third kappa shape index (κ3) is 5.23. The summed E-state index contributed by atoms with van der Waals surface area (Å²) in [6.45, 7) is 4.90. The van der Waals surface area contributed by atoms with Crippen LogP contribution in [0.3, 0.4) is 0 Å². The molecule has 2 saturated heterocycles. The maximum absolute atomic E-state index is 16.3. The number of hydrogen-bond acceptors (Lipinski definition) is 6. The van der Waals surface area contributed by atoms with E-state index in [2.05, 4.69) is 4.72 Å². The van der Waals surface area contributed by atoms with Crippen molar-refractivity contribution in [2.24, 2.45) is 0 Å². The van der Waals surface area contributed by atoms with Crippen LogP contribution in [0.5, 0.6) is 0 Å². The highest BCUT2D eigenvalue weighted by Gasteiger charge is 2.70. The lowest BCUT2D eigenvalue weighted by Crippen LogP contribution is -2.70. The Morgan fingerprint density at radius 1 is 1.05 bits per heavy atom. The molecule has 2 aliphatic heterocycles. The molecule has 37 heavy (non-hydrogen) atoms. The Hall–Kier alpha value is -2.21. The van der Waals surface area contributed by atoms with Gasteiger partial charge in [-0.05, 0) is 64.2 Å². The maximum Gasteiger partial charge on any atom is 0.410 e. The Balaban J connectivity index is 1.65. The molecular weight excluding hydrogens is 522 g/mol. The summed E-state index contributed by atoms with van der Waals surface area (Å²) >= 11 is -1.99. The minimum atomic E-state index is -5.16. The van der Waals surface area contributed by atoms with E-state index in [9.17, 15) is 17.8 Å². The summed E-state index contributed by atoms with van der Waals surface area (Å²) in [7, 11) is -5.16. The van der Waals surface area contributed by atoms with E-state index in [4.69, 9.17) is 4.74 Å². The number of rotatable bonds is 7. The van der Waals surface area contributed by atoms with Crippen molar-refractivity contribution in [3.63, 3.8) is 0 Å². The van der Waals surface area contributed by atoms with Gasteiger partial charge in [0.25, 0.3) is 0 Å². The molecule has 0 aromatic heterocycles. The van der Waals surface area contributed by atoms with E-state index in [0.717, 1.165) is 17.7 Å². The van der Waals surface area contributed by atoms with Gasteiger partial charge in [-0.2, -0.15) is 8.78 Å². The largest absolute Gasteiger partial charge is 0.598 e. The molecule has 1 amide bonds. The third-order valence-electron chi connectivity index (χ3n) is 7.00. The van der Waals surface area contributed by atoms with Crippen LogP contribution < -0.4 is 4.72 Å². The zero-order valence-corrected chi connectivity index (χ0v) is 22.7. The smallest absolute Gasteiger partial charge is 0.410 e. The van der Waals surface area contributed by atoms with E-state index in [1.54, 1.807) is 26.8 Å². The minimum absolute atomic E-state index is 0.0333. The molecule has 3 unspecified atom stereocenters. The molecule has 7 nitrogen and oxygen atoms in total. The lowest BCUT2D eigenvalue weighted by molar-refractivity contribution is -0.0535. The zero-order chi connectivity index (χ0) is 27.1. The quantitative estimate of drug-likeness (QED) is 0.494. The van der Waals surface area contributed by atoms with E-state index < -0.39 is 59.8 Å². The number of benzene rings is 2. The van der Waals surface area contributed by atoms with Crippen LogP contribution in [0.25, 0.3) is 0 Å².